The predicted molar refractivity (Wildman–Crippen MR) is 103 cm³/mol. The van der Waals surface area contributed by atoms with Crippen LogP contribution >= 0.6 is 0 Å². The number of nitrogens with zero attached hydrogens (tertiary/aromatic N) is 9. The van der Waals surface area contributed by atoms with E-state index in [1.54, 1.807) is 6.20 Å². The summed E-state index contributed by atoms with van der Waals surface area (Å²) in [5, 5.41) is 22.1. The molecule has 144 valence electrons. The van der Waals surface area contributed by atoms with Crippen molar-refractivity contribution in [1.29, 1.82) is 0 Å². The summed E-state index contributed by atoms with van der Waals surface area (Å²) in [6, 6.07) is 5.92. The second-order valence-corrected chi connectivity index (χ2v) is 7.46. The van der Waals surface area contributed by atoms with Crippen molar-refractivity contribution in [3.8, 4) is 11.4 Å². The second-order valence-electron chi connectivity index (χ2n) is 7.46. The zero-order valence-electron chi connectivity index (χ0n) is 16.1. The number of likely N-dealkylation sites (tertiary alicyclic amines) is 1. The monoisotopic (exact) mass is 377 g/mol. The molecule has 0 aliphatic carbocycles. The van der Waals surface area contributed by atoms with Crippen LogP contribution in [-0.2, 0) is 20.6 Å². The van der Waals surface area contributed by atoms with Gasteiger partial charge in [-0.2, -0.15) is 19.8 Å². The van der Waals surface area contributed by atoms with Crippen LogP contribution in [0.4, 0.5) is 0 Å². The highest BCUT2D eigenvalue weighted by Crippen LogP contribution is 2.28. The molecule has 1 aliphatic heterocycles. The molecular weight excluding hydrogens is 354 g/mol. The van der Waals surface area contributed by atoms with Crippen molar-refractivity contribution in [2.75, 3.05) is 13.1 Å². The highest BCUT2D eigenvalue weighted by atomic mass is 15.4. The van der Waals surface area contributed by atoms with Crippen molar-refractivity contribution in [3.05, 3.63) is 48.2 Å². The fourth-order valence-corrected chi connectivity index (χ4v) is 3.98. The van der Waals surface area contributed by atoms with Crippen molar-refractivity contribution < 1.29 is 0 Å². The molecule has 4 aromatic rings. The van der Waals surface area contributed by atoms with E-state index < -0.39 is 0 Å². The number of fused-ring (bicyclic) bond motifs is 1. The van der Waals surface area contributed by atoms with Gasteiger partial charge in [0, 0.05) is 44.5 Å². The first-order chi connectivity index (χ1) is 13.7. The lowest BCUT2D eigenvalue weighted by Crippen LogP contribution is -2.33. The van der Waals surface area contributed by atoms with E-state index in [0.29, 0.717) is 5.92 Å². The molecule has 9 nitrogen and oxygen atoms in total. The van der Waals surface area contributed by atoms with E-state index in [2.05, 4.69) is 31.5 Å². The molecule has 0 bridgehead atoms. The van der Waals surface area contributed by atoms with Gasteiger partial charge in [0.05, 0.1) is 11.9 Å². The average Bonchev–Trinajstić information content (AvgIpc) is 3.42. The van der Waals surface area contributed by atoms with Crippen molar-refractivity contribution in [2.24, 2.45) is 14.1 Å². The Morgan fingerprint density at radius 2 is 1.89 bits per heavy atom. The van der Waals surface area contributed by atoms with Crippen LogP contribution in [0.1, 0.15) is 30.1 Å². The van der Waals surface area contributed by atoms with Crippen molar-refractivity contribution in [2.45, 2.75) is 25.3 Å². The summed E-state index contributed by atoms with van der Waals surface area (Å²) in [6.45, 7) is 3.02. The van der Waals surface area contributed by atoms with E-state index in [1.807, 2.05) is 52.4 Å². The van der Waals surface area contributed by atoms with Gasteiger partial charge in [-0.05, 0) is 44.1 Å². The lowest BCUT2D eigenvalue weighted by molar-refractivity contribution is 0.201. The van der Waals surface area contributed by atoms with Crippen LogP contribution in [0.5, 0.6) is 0 Å². The third-order valence-corrected chi connectivity index (χ3v) is 5.49. The molecule has 5 rings (SSSR count). The highest BCUT2D eigenvalue weighted by molar-refractivity contribution is 5.55. The number of hydrogen-bond acceptors (Lipinski definition) is 6. The molecule has 0 radical (unpaired) electrons. The topological polar surface area (TPSA) is 82.0 Å². The van der Waals surface area contributed by atoms with E-state index in [4.69, 9.17) is 5.10 Å². The first-order valence-electron chi connectivity index (χ1n) is 9.58. The summed E-state index contributed by atoms with van der Waals surface area (Å²) in [4.78, 5) is 2.48. The minimum Gasteiger partial charge on any atom is -0.299 e. The maximum Gasteiger partial charge on any atom is 0.177 e. The standard InChI is InChI=1S/C19H23N9/c1-25-12-14(11-21-25)13-27-9-6-15(7-10-27)19-23-22-18-4-3-16(24-28(18)19)17-5-8-20-26(17)2/h3-5,8,11-12,15H,6-7,9-10,13H2,1-2H3. The van der Waals surface area contributed by atoms with Gasteiger partial charge >= 0.3 is 0 Å². The van der Waals surface area contributed by atoms with E-state index in [-0.39, 0.29) is 0 Å². The summed E-state index contributed by atoms with van der Waals surface area (Å²) in [5.74, 6) is 1.33. The minimum atomic E-state index is 0.370. The largest absolute Gasteiger partial charge is 0.299 e. The molecule has 0 saturated carbocycles. The van der Waals surface area contributed by atoms with Crippen molar-refractivity contribution >= 4 is 5.65 Å². The number of piperidine rings is 1. The van der Waals surface area contributed by atoms with Gasteiger partial charge < -0.3 is 0 Å². The average molecular weight is 377 g/mol. The van der Waals surface area contributed by atoms with Crippen LogP contribution in [0.2, 0.25) is 0 Å². The first-order valence-corrected chi connectivity index (χ1v) is 9.58. The third-order valence-electron chi connectivity index (χ3n) is 5.49. The van der Waals surface area contributed by atoms with Crippen LogP contribution in [0.25, 0.3) is 17.0 Å². The fraction of sp³-hybridized carbons (Fsp3) is 0.421. The van der Waals surface area contributed by atoms with Gasteiger partial charge in [0.25, 0.3) is 0 Å². The van der Waals surface area contributed by atoms with Crippen LogP contribution in [0.15, 0.2) is 36.8 Å². The summed E-state index contributed by atoms with van der Waals surface area (Å²) in [5.41, 5.74) is 3.91. The molecule has 0 spiro atoms. The highest BCUT2D eigenvalue weighted by Gasteiger charge is 2.25. The van der Waals surface area contributed by atoms with E-state index in [0.717, 1.165) is 55.3 Å². The van der Waals surface area contributed by atoms with Crippen molar-refractivity contribution in [1.82, 2.24) is 44.3 Å². The van der Waals surface area contributed by atoms with Gasteiger partial charge in [0.15, 0.2) is 11.5 Å². The van der Waals surface area contributed by atoms with Crippen molar-refractivity contribution in [3.63, 3.8) is 0 Å². The van der Waals surface area contributed by atoms with E-state index in [9.17, 15) is 0 Å². The van der Waals surface area contributed by atoms with E-state index >= 15 is 0 Å². The number of rotatable bonds is 4. The Labute approximate surface area is 162 Å². The molecule has 0 amide bonds. The Kier molecular flexibility index (Phi) is 4.16. The number of hydrogen-bond donors (Lipinski definition) is 0. The molecule has 0 aromatic carbocycles. The fourth-order valence-electron chi connectivity index (χ4n) is 3.98. The smallest absolute Gasteiger partial charge is 0.177 e. The van der Waals surface area contributed by atoms with Gasteiger partial charge in [0.1, 0.15) is 5.69 Å². The SMILES string of the molecule is Cn1cc(CN2CCC(c3nnc4ccc(-c5ccnn5C)nn34)CC2)cn1. The van der Waals surface area contributed by atoms with Gasteiger partial charge in [-0.1, -0.05) is 0 Å². The second kappa shape index (κ2) is 6.83. The zero-order valence-corrected chi connectivity index (χ0v) is 16.1. The molecule has 1 fully saturated rings. The number of aromatic nitrogens is 8. The Morgan fingerprint density at radius 3 is 2.61 bits per heavy atom. The van der Waals surface area contributed by atoms with Gasteiger partial charge in [-0.15, -0.1) is 10.2 Å². The summed E-state index contributed by atoms with van der Waals surface area (Å²) >= 11 is 0. The summed E-state index contributed by atoms with van der Waals surface area (Å²) in [6.07, 6.45) is 7.92. The third kappa shape index (κ3) is 3.07. The lowest BCUT2D eigenvalue weighted by atomic mass is 9.96. The lowest BCUT2D eigenvalue weighted by Gasteiger charge is -2.30. The molecule has 0 N–H and O–H groups in total. The minimum absolute atomic E-state index is 0.370. The Balaban J connectivity index is 1.34. The van der Waals surface area contributed by atoms with Crippen LogP contribution in [0.3, 0.4) is 0 Å². The molecule has 0 atom stereocenters. The normalized spacial score (nSPS) is 16.2. The summed E-state index contributed by atoms with van der Waals surface area (Å²) in [7, 11) is 3.88. The van der Waals surface area contributed by atoms with Gasteiger partial charge in [0.2, 0.25) is 0 Å². The van der Waals surface area contributed by atoms with Crippen LogP contribution < -0.4 is 0 Å². The van der Waals surface area contributed by atoms with Gasteiger partial charge in [-0.3, -0.25) is 14.3 Å². The molecule has 1 aliphatic rings. The number of aryl methyl sites for hydroxylation is 2. The zero-order chi connectivity index (χ0) is 19.1. The molecule has 28 heavy (non-hydrogen) atoms. The first kappa shape index (κ1) is 17.1. The molecule has 0 unspecified atom stereocenters. The molecule has 5 heterocycles. The summed E-state index contributed by atoms with van der Waals surface area (Å²) < 4.78 is 5.59. The molecule has 9 heteroatoms. The quantitative estimate of drug-likeness (QED) is 0.538. The molecular formula is C19H23N9. The van der Waals surface area contributed by atoms with Crippen LogP contribution in [0, 0.1) is 0 Å². The predicted octanol–water partition coefficient (Wildman–Crippen LogP) is 1.64. The van der Waals surface area contributed by atoms with Crippen LogP contribution in [-0.4, -0.2) is 57.4 Å². The van der Waals surface area contributed by atoms with Gasteiger partial charge in [-0.25, -0.2) is 0 Å². The van der Waals surface area contributed by atoms with E-state index in [1.165, 1.54) is 5.56 Å². The Hall–Kier alpha value is -3.07. The Morgan fingerprint density at radius 1 is 1.04 bits per heavy atom. The maximum absolute atomic E-state index is 4.81. The molecule has 1 saturated heterocycles. The Bertz CT molecular complexity index is 1100. The molecule has 4 aromatic heterocycles. The maximum atomic E-state index is 4.81.